The van der Waals surface area contributed by atoms with E-state index in [0.29, 0.717) is 41.9 Å². The maximum atomic E-state index is 11.8. The van der Waals surface area contributed by atoms with Gasteiger partial charge in [0.25, 0.3) is 5.56 Å². The Kier molecular flexibility index (Phi) is 3.83. The highest BCUT2D eigenvalue weighted by molar-refractivity contribution is 7.25. The van der Waals surface area contributed by atoms with E-state index in [4.69, 9.17) is 4.74 Å². The minimum atomic E-state index is -0.137. The van der Waals surface area contributed by atoms with Crippen LogP contribution in [-0.2, 0) is 4.79 Å². The highest BCUT2D eigenvalue weighted by Gasteiger charge is 2.13. The number of carbonyl (C=O) groups excluding carboxylic acids is 1. The molecule has 2 heterocycles. The SMILES string of the molecule is O=CNCCCOc1cccc2sc3c(=O)[nH]cnc3c12. The quantitative estimate of drug-likeness (QED) is 0.536. The van der Waals surface area contributed by atoms with Crippen molar-refractivity contribution in [1.82, 2.24) is 15.3 Å². The van der Waals surface area contributed by atoms with Crippen molar-refractivity contribution in [3.63, 3.8) is 0 Å². The monoisotopic (exact) mass is 303 g/mol. The maximum Gasteiger partial charge on any atom is 0.268 e. The van der Waals surface area contributed by atoms with Crippen molar-refractivity contribution in [3.8, 4) is 5.75 Å². The predicted octanol–water partition coefficient (Wildman–Crippen LogP) is 1.65. The Hall–Kier alpha value is -2.41. The number of rotatable bonds is 6. The number of ether oxygens (including phenoxy) is 1. The Morgan fingerprint density at radius 2 is 2.33 bits per heavy atom. The predicted molar refractivity (Wildman–Crippen MR) is 81.9 cm³/mol. The molecule has 3 rings (SSSR count). The van der Waals surface area contributed by atoms with Gasteiger partial charge in [-0.3, -0.25) is 9.59 Å². The lowest BCUT2D eigenvalue weighted by molar-refractivity contribution is -0.109. The second-order valence-corrected chi connectivity index (χ2v) is 5.47. The number of nitrogens with zero attached hydrogens (tertiary/aromatic N) is 1. The van der Waals surface area contributed by atoms with Gasteiger partial charge in [0.15, 0.2) is 0 Å². The second kappa shape index (κ2) is 5.92. The first-order valence-electron chi connectivity index (χ1n) is 6.50. The number of hydrogen-bond donors (Lipinski definition) is 2. The standard InChI is InChI=1S/C14H13N3O3S/c18-8-15-5-2-6-20-9-3-1-4-10-11(9)12-13(21-10)14(19)17-7-16-12/h1,3-4,7-8H,2,5-6H2,(H,15,18)(H,16,17,19). The van der Waals surface area contributed by atoms with Gasteiger partial charge < -0.3 is 15.0 Å². The van der Waals surface area contributed by atoms with Crippen LogP contribution in [0.4, 0.5) is 0 Å². The summed E-state index contributed by atoms with van der Waals surface area (Å²) >= 11 is 1.40. The number of fused-ring (bicyclic) bond motifs is 3. The van der Waals surface area contributed by atoms with Gasteiger partial charge in [-0.25, -0.2) is 4.98 Å². The van der Waals surface area contributed by atoms with Crippen molar-refractivity contribution < 1.29 is 9.53 Å². The lowest BCUT2D eigenvalue weighted by Crippen LogP contribution is -2.14. The summed E-state index contributed by atoms with van der Waals surface area (Å²) in [4.78, 5) is 28.8. The Labute approximate surface area is 123 Å². The first kappa shape index (κ1) is 13.6. The fourth-order valence-electron chi connectivity index (χ4n) is 2.13. The van der Waals surface area contributed by atoms with Gasteiger partial charge in [0.2, 0.25) is 6.41 Å². The minimum absolute atomic E-state index is 0.137. The number of nitrogens with one attached hydrogen (secondary N) is 2. The van der Waals surface area contributed by atoms with Crippen LogP contribution < -0.4 is 15.6 Å². The third-order valence-electron chi connectivity index (χ3n) is 3.05. The molecule has 0 bridgehead atoms. The average Bonchev–Trinajstić information content (AvgIpc) is 2.88. The third kappa shape index (κ3) is 2.59. The van der Waals surface area contributed by atoms with Gasteiger partial charge in [0, 0.05) is 11.2 Å². The number of aromatic nitrogens is 2. The Morgan fingerprint density at radius 1 is 1.43 bits per heavy atom. The van der Waals surface area contributed by atoms with E-state index in [1.165, 1.54) is 17.7 Å². The molecular weight excluding hydrogens is 290 g/mol. The van der Waals surface area contributed by atoms with E-state index in [2.05, 4.69) is 15.3 Å². The molecule has 21 heavy (non-hydrogen) atoms. The Balaban J connectivity index is 1.95. The van der Waals surface area contributed by atoms with Gasteiger partial charge >= 0.3 is 0 Å². The van der Waals surface area contributed by atoms with E-state index in [1.54, 1.807) is 0 Å². The van der Waals surface area contributed by atoms with E-state index < -0.39 is 0 Å². The van der Waals surface area contributed by atoms with Crippen LogP contribution in [0.2, 0.25) is 0 Å². The summed E-state index contributed by atoms with van der Waals surface area (Å²) in [6.45, 7) is 1.06. The van der Waals surface area contributed by atoms with Gasteiger partial charge in [-0.05, 0) is 18.6 Å². The summed E-state index contributed by atoms with van der Waals surface area (Å²) < 4.78 is 7.34. The summed E-state index contributed by atoms with van der Waals surface area (Å²) in [5, 5.41) is 3.46. The first-order chi connectivity index (χ1) is 10.3. The molecule has 2 aromatic heterocycles. The molecule has 0 unspecified atom stereocenters. The Bertz CT molecular complexity index is 840. The van der Waals surface area contributed by atoms with Crippen molar-refractivity contribution in [2.24, 2.45) is 0 Å². The zero-order valence-electron chi connectivity index (χ0n) is 11.1. The van der Waals surface area contributed by atoms with Crippen LogP contribution in [-0.4, -0.2) is 29.5 Å². The number of aromatic amines is 1. The minimum Gasteiger partial charge on any atom is -0.493 e. The lowest BCUT2D eigenvalue weighted by atomic mass is 10.2. The second-order valence-electron chi connectivity index (χ2n) is 4.41. The summed E-state index contributed by atoms with van der Waals surface area (Å²) in [6.07, 6.45) is 2.79. The molecule has 6 nitrogen and oxygen atoms in total. The van der Waals surface area contributed by atoms with Crippen LogP contribution in [0.5, 0.6) is 5.75 Å². The number of amides is 1. The molecule has 7 heteroatoms. The van der Waals surface area contributed by atoms with Gasteiger partial charge in [-0.2, -0.15) is 0 Å². The van der Waals surface area contributed by atoms with E-state index in [0.717, 1.165) is 10.1 Å². The Morgan fingerprint density at radius 3 is 3.19 bits per heavy atom. The van der Waals surface area contributed by atoms with E-state index in [-0.39, 0.29) is 5.56 Å². The number of H-pyrrole nitrogens is 1. The fraction of sp³-hybridized carbons (Fsp3) is 0.214. The number of hydrogen-bond acceptors (Lipinski definition) is 5. The number of carbonyl (C=O) groups is 1. The fourth-order valence-corrected chi connectivity index (χ4v) is 3.20. The van der Waals surface area contributed by atoms with Crippen LogP contribution in [0.25, 0.3) is 20.3 Å². The van der Waals surface area contributed by atoms with Gasteiger partial charge in [-0.1, -0.05) is 6.07 Å². The molecule has 0 atom stereocenters. The molecular formula is C14H13N3O3S. The van der Waals surface area contributed by atoms with Crippen LogP contribution >= 0.6 is 11.3 Å². The average molecular weight is 303 g/mol. The maximum absolute atomic E-state index is 11.8. The van der Waals surface area contributed by atoms with E-state index >= 15 is 0 Å². The van der Waals surface area contributed by atoms with Gasteiger partial charge in [0.1, 0.15) is 10.4 Å². The van der Waals surface area contributed by atoms with Crippen LogP contribution in [0.1, 0.15) is 6.42 Å². The molecule has 2 N–H and O–H groups in total. The van der Waals surface area contributed by atoms with Crippen LogP contribution in [0, 0.1) is 0 Å². The molecule has 3 aromatic rings. The molecule has 1 amide bonds. The van der Waals surface area contributed by atoms with Gasteiger partial charge in [-0.15, -0.1) is 11.3 Å². The molecule has 0 saturated carbocycles. The van der Waals surface area contributed by atoms with Gasteiger partial charge in [0.05, 0.1) is 23.8 Å². The molecule has 0 spiro atoms. The zero-order chi connectivity index (χ0) is 14.7. The normalized spacial score (nSPS) is 10.9. The zero-order valence-corrected chi connectivity index (χ0v) is 11.9. The summed E-state index contributed by atoms with van der Waals surface area (Å²) in [6, 6.07) is 5.71. The van der Waals surface area contributed by atoms with Crippen molar-refractivity contribution in [2.75, 3.05) is 13.2 Å². The van der Waals surface area contributed by atoms with Crippen LogP contribution in [0.15, 0.2) is 29.3 Å². The summed E-state index contributed by atoms with van der Waals surface area (Å²) in [5.74, 6) is 0.711. The molecule has 0 aliphatic carbocycles. The molecule has 0 aliphatic heterocycles. The van der Waals surface area contributed by atoms with E-state index in [1.807, 2.05) is 18.2 Å². The largest absolute Gasteiger partial charge is 0.493 e. The van der Waals surface area contributed by atoms with E-state index in [9.17, 15) is 9.59 Å². The molecule has 0 radical (unpaired) electrons. The lowest BCUT2D eigenvalue weighted by Gasteiger charge is -2.07. The van der Waals surface area contributed by atoms with Crippen molar-refractivity contribution in [1.29, 1.82) is 0 Å². The first-order valence-corrected chi connectivity index (χ1v) is 7.31. The van der Waals surface area contributed by atoms with Crippen molar-refractivity contribution in [3.05, 3.63) is 34.9 Å². The number of benzene rings is 1. The highest BCUT2D eigenvalue weighted by Crippen LogP contribution is 2.36. The molecule has 0 saturated heterocycles. The molecule has 0 fully saturated rings. The smallest absolute Gasteiger partial charge is 0.268 e. The van der Waals surface area contributed by atoms with Crippen molar-refractivity contribution >= 4 is 38.0 Å². The molecule has 0 aliphatic rings. The topological polar surface area (TPSA) is 84.1 Å². The molecule has 108 valence electrons. The summed E-state index contributed by atoms with van der Waals surface area (Å²) in [5.41, 5.74) is 0.530. The third-order valence-corrected chi connectivity index (χ3v) is 4.20. The van der Waals surface area contributed by atoms with Crippen LogP contribution in [0.3, 0.4) is 0 Å². The number of thiophene rings is 1. The van der Waals surface area contributed by atoms with Crippen molar-refractivity contribution in [2.45, 2.75) is 6.42 Å². The molecule has 1 aromatic carbocycles. The highest BCUT2D eigenvalue weighted by atomic mass is 32.1. The summed E-state index contributed by atoms with van der Waals surface area (Å²) in [7, 11) is 0.